The normalized spacial score (nSPS) is 15.8. The molecule has 2 aromatic carbocycles. The molecular formula is C25H33IN6O. The molecule has 1 atom stereocenters. The number of hydrogen-bond donors (Lipinski definition) is 2. The van der Waals surface area contributed by atoms with Gasteiger partial charge >= 0.3 is 0 Å². The fourth-order valence-electron chi connectivity index (χ4n) is 4.01. The number of nitrogens with one attached hydrogen (secondary N) is 2. The standard InChI is InChI=1S/C25H32N6O.HI/c1-3-26-25(27-15-13-20-17-28-31(18-20)22-9-5-4-6-10-22)29-21-14-16-30(19-21)23-11-7-8-12-24(23)32-2;/h4-12,17-18,21H,3,13-16,19H2,1-2H3,(H2,26,27,29);1H. The number of aliphatic imine (C=N–C) groups is 1. The lowest BCUT2D eigenvalue weighted by atomic mass is 10.2. The summed E-state index contributed by atoms with van der Waals surface area (Å²) in [5.41, 5.74) is 3.39. The molecule has 0 saturated carbocycles. The summed E-state index contributed by atoms with van der Waals surface area (Å²) in [7, 11) is 1.73. The third-order valence-electron chi connectivity index (χ3n) is 5.63. The number of methoxy groups -OCH3 is 1. The van der Waals surface area contributed by atoms with E-state index in [0.717, 1.165) is 55.6 Å². The van der Waals surface area contributed by atoms with E-state index in [1.54, 1.807) is 7.11 Å². The van der Waals surface area contributed by atoms with E-state index in [1.807, 2.05) is 41.2 Å². The molecule has 176 valence electrons. The molecule has 1 aromatic heterocycles. The van der Waals surface area contributed by atoms with E-state index < -0.39 is 0 Å². The summed E-state index contributed by atoms with van der Waals surface area (Å²) < 4.78 is 7.44. The molecule has 2 heterocycles. The van der Waals surface area contributed by atoms with Crippen LogP contribution in [0.3, 0.4) is 0 Å². The zero-order chi connectivity index (χ0) is 22.2. The van der Waals surface area contributed by atoms with Crippen LogP contribution in [0.25, 0.3) is 5.69 Å². The van der Waals surface area contributed by atoms with Gasteiger partial charge in [0.25, 0.3) is 0 Å². The second kappa shape index (κ2) is 12.5. The van der Waals surface area contributed by atoms with Crippen molar-refractivity contribution in [3.63, 3.8) is 0 Å². The first-order valence-electron chi connectivity index (χ1n) is 11.3. The van der Waals surface area contributed by atoms with Gasteiger partial charge in [0.1, 0.15) is 5.75 Å². The Morgan fingerprint density at radius 3 is 2.73 bits per heavy atom. The number of anilines is 1. The van der Waals surface area contributed by atoms with Gasteiger partial charge < -0.3 is 20.3 Å². The van der Waals surface area contributed by atoms with Crippen LogP contribution in [0, 0.1) is 0 Å². The first-order chi connectivity index (χ1) is 15.8. The lowest BCUT2D eigenvalue weighted by Gasteiger charge is -2.22. The predicted octanol–water partition coefficient (Wildman–Crippen LogP) is 3.88. The van der Waals surface area contributed by atoms with Gasteiger partial charge in [-0.1, -0.05) is 30.3 Å². The number of ether oxygens (including phenoxy) is 1. The minimum atomic E-state index is 0. The topological polar surface area (TPSA) is 66.7 Å². The van der Waals surface area contributed by atoms with E-state index in [9.17, 15) is 0 Å². The van der Waals surface area contributed by atoms with Crippen molar-refractivity contribution in [3.8, 4) is 11.4 Å². The zero-order valence-corrected chi connectivity index (χ0v) is 21.6. The average molecular weight is 560 g/mol. The molecule has 33 heavy (non-hydrogen) atoms. The number of rotatable bonds is 8. The minimum Gasteiger partial charge on any atom is -0.495 e. The van der Waals surface area contributed by atoms with E-state index in [0.29, 0.717) is 12.6 Å². The van der Waals surface area contributed by atoms with Crippen LogP contribution in [0.1, 0.15) is 18.9 Å². The summed E-state index contributed by atoms with van der Waals surface area (Å²) >= 11 is 0. The SMILES string of the molecule is CCNC(=NCCc1cnn(-c2ccccc2)c1)NC1CCN(c2ccccc2OC)C1.I. The van der Waals surface area contributed by atoms with Gasteiger partial charge in [-0.25, -0.2) is 4.68 Å². The van der Waals surface area contributed by atoms with Crippen molar-refractivity contribution in [3.05, 3.63) is 72.6 Å². The van der Waals surface area contributed by atoms with Crippen molar-refractivity contribution in [1.82, 2.24) is 20.4 Å². The first-order valence-corrected chi connectivity index (χ1v) is 11.3. The molecule has 1 fully saturated rings. The number of para-hydroxylation sites is 3. The Balaban J connectivity index is 0.00000306. The zero-order valence-electron chi connectivity index (χ0n) is 19.3. The van der Waals surface area contributed by atoms with Crippen LogP contribution in [0.2, 0.25) is 0 Å². The molecule has 2 N–H and O–H groups in total. The molecule has 7 nitrogen and oxygen atoms in total. The van der Waals surface area contributed by atoms with Crippen molar-refractivity contribution >= 4 is 35.6 Å². The van der Waals surface area contributed by atoms with Crippen molar-refractivity contribution < 1.29 is 4.74 Å². The Labute approximate surface area is 213 Å². The van der Waals surface area contributed by atoms with Crippen molar-refractivity contribution in [2.75, 3.05) is 38.2 Å². The van der Waals surface area contributed by atoms with Crippen LogP contribution in [-0.2, 0) is 6.42 Å². The van der Waals surface area contributed by atoms with Gasteiger partial charge in [-0.05, 0) is 49.6 Å². The van der Waals surface area contributed by atoms with E-state index in [1.165, 1.54) is 5.56 Å². The molecule has 0 amide bonds. The van der Waals surface area contributed by atoms with E-state index in [-0.39, 0.29) is 24.0 Å². The first kappa shape index (κ1) is 24.9. The van der Waals surface area contributed by atoms with E-state index >= 15 is 0 Å². The number of halogens is 1. The number of guanidine groups is 1. The van der Waals surface area contributed by atoms with Gasteiger partial charge in [0.2, 0.25) is 0 Å². The Hall–Kier alpha value is -2.75. The molecule has 0 radical (unpaired) electrons. The van der Waals surface area contributed by atoms with Crippen molar-refractivity contribution in [1.29, 1.82) is 0 Å². The van der Waals surface area contributed by atoms with Gasteiger partial charge in [-0.2, -0.15) is 5.10 Å². The molecule has 0 spiro atoms. The highest BCUT2D eigenvalue weighted by Gasteiger charge is 2.25. The van der Waals surface area contributed by atoms with Crippen LogP contribution in [-0.4, -0.2) is 55.1 Å². The maximum atomic E-state index is 5.53. The van der Waals surface area contributed by atoms with Crippen LogP contribution in [0.15, 0.2) is 72.0 Å². The molecule has 8 heteroatoms. The fourth-order valence-corrected chi connectivity index (χ4v) is 4.01. The van der Waals surface area contributed by atoms with Crippen molar-refractivity contribution in [2.45, 2.75) is 25.8 Å². The molecule has 0 bridgehead atoms. The van der Waals surface area contributed by atoms with Gasteiger partial charge in [-0.15, -0.1) is 24.0 Å². The Bertz CT molecular complexity index is 1020. The van der Waals surface area contributed by atoms with Crippen LogP contribution < -0.4 is 20.3 Å². The third-order valence-corrected chi connectivity index (χ3v) is 5.63. The molecular weight excluding hydrogens is 527 g/mol. The van der Waals surface area contributed by atoms with Gasteiger partial charge in [0.05, 0.1) is 24.7 Å². The number of nitrogens with zero attached hydrogens (tertiary/aromatic N) is 4. The molecule has 3 aromatic rings. The number of benzene rings is 2. The monoisotopic (exact) mass is 560 g/mol. The number of aromatic nitrogens is 2. The highest BCUT2D eigenvalue weighted by molar-refractivity contribution is 14.0. The van der Waals surface area contributed by atoms with Crippen LogP contribution in [0.4, 0.5) is 5.69 Å². The summed E-state index contributed by atoms with van der Waals surface area (Å²) in [6, 6.07) is 18.7. The second-order valence-corrected chi connectivity index (χ2v) is 7.89. The summed E-state index contributed by atoms with van der Waals surface area (Å²) in [6.45, 7) is 5.56. The molecule has 1 aliphatic rings. The van der Waals surface area contributed by atoms with Gasteiger partial charge in [0.15, 0.2) is 5.96 Å². The van der Waals surface area contributed by atoms with E-state index in [2.05, 4.69) is 58.0 Å². The van der Waals surface area contributed by atoms with Crippen LogP contribution >= 0.6 is 24.0 Å². The average Bonchev–Trinajstić information content (AvgIpc) is 3.50. The summed E-state index contributed by atoms with van der Waals surface area (Å²) in [6.07, 6.45) is 5.91. The van der Waals surface area contributed by atoms with E-state index in [4.69, 9.17) is 9.73 Å². The van der Waals surface area contributed by atoms with Crippen LogP contribution in [0.5, 0.6) is 5.75 Å². The smallest absolute Gasteiger partial charge is 0.191 e. The minimum absolute atomic E-state index is 0. The molecule has 1 saturated heterocycles. The number of hydrogen-bond acceptors (Lipinski definition) is 4. The Morgan fingerprint density at radius 1 is 1.15 bits per heavy atom. The maximum absolute atomic E-state index is 5.53. The summed E-state index contributed by atoms with van der Waals surface area (Å²) in [5.74, 6) is 1.79. The lowest BCUT2D eigenvalue weighted by Crippen LogP contribution is -2.44. The molecule has 1 aliphatic heterocycles. The second-order valence-electron chi connectivity index (χ2n) is 7.89. The molecule has 1 unspecified atom stereocenters. The maximum Gasteiger partial charge on any atom is 0.191 e. The highest BCUT2D eigenvalue weighted by Crippen LogP contribution is 2.30. The molecule has 4 rings (SSSR count). The Kier molecular flexibility index (Phi) is 9.41. The molecule has 0 aliphatic carbocycles. The van der Waals surface area contributed by atoms with Gasteiger partial charge in [-0.3, -0.25) is 4.99 Å². The third kappa shape index (κ3) is 6.63. The van der Waals surface area contributed by atoms with Crippen molar-refractivity contribution in [2.24, 2.45) is 4.99 Å². The summed E-state index contributed by atoms with van der Waals surface area (Å²) in [4.78, 5) is 7.17. The fraction of sp³-hybridized carbons (Fsp3) is 0.360. The lowest BCUT2D eigenvalue weighted by molar-refractivity contribution is 0.415. The largest absolute Gasteiger partial charge is 0.495 e. The highest BCUT2D eigenvalue weighted by atomic mass is 127. The Morgan fingerprint density at radius 2 is 1.94 bits per heavy atom. The van der Waals surface area contributed by atoms with Gasteiger partial charge in [0, 0.05) is 38.4 Å². The predicted molar refractivity (Wildman–Crippen MR) is 145 cm³/mol. The summed E-state index contributed by atoms with van der Waals surface area (Å²) in [5, 5.41) is 11.5. The quantitative estimate of drug-likeness (QED) is 0.249.